The van der Waals surface area contributed by atoms with Crippen molar-refractivity contribution in [2.45, 2.75) is 62.6 Å². The van der Waals surface area contributed by atoms with Gasteiger partial charge in [-0.1, -0.05) is 115 Å². The topological polar surface area (TPSA) is 36.9 Å². The Morgan fingerprint density at radius 3 is 1.87 bits per heavy atom. The molecule has 1 heterocycles. The van der Waals surface area contributed by atoms with E-state index in [4.69, 9.17) is 18.9 Å². The van der Waals surface area contributed by atoms with E-state index in [1.807, 2.05) is 36.9 Å². The smallest absolute Gasteiger partial charge is 0.124 e. The Kier molecular flexibility index (Phi) is 12.0. The van der Waals surface area contributed by atoms with E-state index in [1.165, 1.54) is 27.8 Å². The molecule has 0 radical (unpaired) electrons. The Morgan fingerprint density at radius 2 is 1.21 bits per heavy atom. The van der Waals surface area contributed by atoms with Crippen LogP contribution >= 0.6 is 11.8 Å². The van der Waals surface area contributed by atoms with Crippen LogP contribution in [0.4, 0.5) is 0 Å². The van der Waals surface area contributed by atoms with Crippen LogP contribution in [0.15, 0.2) is 133 Å². The van der Waals surface area contributed by atoms with Crippen molar-refractivity contribution < 1.29 is 18.9 Å². The molecule has 1 aliphatic rings. The Hall–Kier alpha value is -4.03. The van der Waals surface area contributed by atoms with Gasteiger partial charge in [0, 0.05) is 16.1 Å². The fraction of sp³-hybridized carbons (Fsp3) is 0.286. The van der Waals surface area contributed by atoms with Crippen molar-refractivity contribution in [3.05, 3.63) is 167 Å². The van der Waals surface area contributed by atoms with E-state index in [9.17, 15) is 0 Å². The molecule has 47 heavy (non-hydrogen) atoms. The first-order chi connectivity index (χ1) is 23.2. The molecule has 1 saturated heterocycles. The summed E-state index contributed by atoms with van der Waals surface area (Å²) < 4.78 is 25.2. The largest absolute Gasteiger partial charge is 0.494 e. The van der Waals surface area contributed by atoms with Crippen LogP contribution in [0.2, 0.25) is 0 Å². The average Bonchev–Trinajstić information content (AvgIpc) is 3.12. The standard InChI is InChI=1S/C42H44O4S/c1-2-44-37-21-18-32(19-22-37)24-36-20-23-41(46-30-35-16-10-5-11-17-35)40(25-36)42-27-38(45-29-34-14-8-4-9-15-34)26-39(47-42)31-43-28-33-12-6-3-7-13-33/h3-23,25,38-39,42H,2,24,26-31H2,1H3/t38?,39-,42+/m0/s1. The molecule has 0 saturated carbocycles. The summed E-state index contributed by atoms with van der Waals surface area (Å²) in [5.74, 6) is 1.84. The van der Waals surface area contributed by atoms with Crippen molar-refractivity contribution in [1.29, 1.82) is 0 Å². The number of ether oxygens (including phenoxy) is 4. The Labute approximate surface area is 284 Å². The van der Waals surface area contributed by atoms with Gasteiger partial charge in [0.25, 0.3) is 0 Å². The van der Waals surface area contributed by atoms with Gasteiger partial charge >= 0.3 is 0 Å². The summed E-state index contributed by atoms with van der Waals surface area (Å²) in [4.78, 5) is 0. The van der Waals surface area contributed by atoms with Crippen molar-refractivity contribution in [2.24, 2.45) is 0 Å². The lowest BCUT2D eigenvalue weighted by Gasteiger charge is -2.35. The quantitative estimate of drug-likeness (QED) is 0.113. The molecule has 1 fully saturated rings. The van der Waals surface area contributed by atoms with E-state index >= 15 is 0 Å². The zero-order chi connectivity index (χ0) is 32.1. The van der Waals surface area contributed by atoms with Crippen LogP contribution < -0.4 is 9.47 Å². The van der Waals surface area contributed by atoms with E-state index < -0.39 is 0 Å². The van der Waals surface area contributed by atoms with Gasteiger partial charge in [-0.3, -0.25) is 0 Å². The molecule has 0 amide bonds. The van der Waals surface area contributed by atoms with Crippen molar-refractivity contribution in [3.8, 4) is 11.5 Å². The average molecular weight is 645 g/mol. The molecule has 6 rings (SSSR count). The normalized spacial score (nSPS) is 17.7. The third-order valence-electron chi connectivity index (χ3n) is 8.40. The number of rotatable bonds is 15. The molecule has 0 aliphatic carbocycles. The molecule has 1 aliphatic heterocycles. The first-order valence-electron chi connectivity index (χ1n) is 16.7. The molecule has 0 N–H and O–H groups in total. The highest BCUT2D eigenvalue weighted by atomic mass is 32.2. The third kappa shape index (κ3) is 9.98. The molecule has 3 atom stereocenters. The molecule has 0 aromatic heterocycles. The van der Waals surface area contributed by atoms with Gasteiger partial charge in [-0.2, -0.15) is 0 Å². The van der Waals surface area contributed by atoms with E-state index in [0.717, 1.165) is 36.3 Å². The SMILES string of the molecule is CCOc1ccc(Cc2ccc(OCc3ccccc3)c([C@H]3CC(OCc4ccccc4)C[C@@H](COCc4ccccc4)S3)c2)cc1. The van der Waals surface area contributed by atoms with Crippen molar-refractivity contribution in [1.82, 2.24) is 0 Å². The highest BCUT2D eigenvalue weighted by molar-refractivity contribution is 8.00. The summed E-state index contributed by atoms with van der Waals surface area (Å²) in [5.41, 5.74) is 7.30. The molecule has 242 valence electrons. The molecule has 0 bridgehead atoms. The minimum atomic E-state index is 0.114. The highest BCUT2D eigenvalue weighted by Gasteiger charge is 2.33. The van der Waals surface area contributed by atoms with Gasteiger partial charge in [-0.25, -0.2) is 0 Å². The predicted octanol–water partition coefficient (Wildman–Crippen LogP) is 9.99. The molecule has 0 spiro atoms. The fourth-order valence-electron chi connectivity index (χ4n) is 6.02. The molecule has 1 unspecified atom stereocenters. The number of thioether (sulfide) groups is 1. The van der Waals surface area contributed by atoms with Gasteiger partial charge < -0.3 is 18.9 Å². The summed E-state index contributed by atoms with van der Waals surface area (Å²) in [6.45, 7) is 5.10. The van der Waals surface area contributed by atoms with Gasteiger partial charge in [0.2, 0.25) is 0 Å². The van der Waals surface area contributed by atoms with Gasteiger partial charge in [-0.05, 0) is 72.2 Å². The number of benzene rings is 5. The van der Waals surface area contributed by atoms with Gasteiger partial charge in [0.05, 0.1) is 32.5 Å². The lowest BCUT2D eigenvalue weighted by atomic mass is 9.97. The van der Waals surface area contributed by atoms with Gasteiger partial charge in [0.15, 0.2) is 0 Å². The lowest BCUT2D eigenvalue weighted by molar-refractivity contribution is 0.0179. The summed E-state index contributed by atoms with van der Waals surface area (Å²) in [7, 11) is 0. The van der Waals surface area contributed by atoms with E-state index in [2.05, 4.69) is 115 Å². The predicted molar refractivity (Wildman–Crippen MR) is 192 cm³/mol. The molecule has 5 aromatic carbocycles. The van der Waals surface area contributed by atoms with E-state index in [1.54, 1.807) is 0 Å². The van der Waals surface area contributed by atoms with Gasteiger partial charge in [0.1, 0.15) is 18.1 Å². The molecule has 4 nitrogen and oxygen atoms in total. The fourth-order valence-corrected chi connectivity index (χ4v) is 7.64. The Bertz CT molecular complexity index is 1630. The van der Waals surface area contributed by atoms with Crippen LogP contribution in [0, 0.1) is 0 Å². The van der Waals surface area contributed by atoms with Gasteiger partial charge in [-0.15, -0.1) is 11.8 Å². The first kappa shape index (κ1) is 32.9. The molecule has 5 heteroatoms. The summed E-state index contributed by atoms with van der Waals surface area (Å²) in [6, 6.07) is 46.4. The maximum absolute atomic E-state index is 6.62. The lowest BCUT2D eigenvalue weighted by Crippen LogP contribution is -2.30. The first-order valence-corrected chi connectivity index (χ1v) is 17.6. The zero-order valence-electron chi connectivity index (χ0n) is 27.1. The maximum Gasteiger partial charge on any atom is 0.124 e. The van der Waals surface area contributed by atoms with E-state index in [-0.39, 0.29) is 11.4 Å². The second-order valence-corrected chi connectivity index (χ2v) is 13.5. The zero-order valence-corrected chi connectivity index (χ0v) is 27.9. The van der Waals surface area contributed by atoms with Crippen LogP contribution in [0.5, 0.6) is 11.5 Å². The van der Waals surface area contributed by atoms with Crippen molar-refractivity contribution in [3.63, 3.8) is 0 Å². The van der Waals surface area contributed by atoms with Crippen LogP contribution in [0.3, 0.4) is 0 Å². The third-order valence-corrected chi connectivity index (χ3v) is 9.89. The van der Waals surface area contributed by atoms with Crippen molar-refractivity contribution >= 4 is 11.8 Å². The number of hydrogen-bond donors (Lipinski definition) is 0. The monoisotopic (exact) mass is 644 g/mol. The highest BCUT2D eigenvalue weighted by Crippen LogP contribution is 2.47. The van der Waals surface area contributed by atoms with Crippen LogP contribution in [-0.4, -0.2) is 24.6 Å². The summed E-state index contributed by atoms with van der Waals surface area (Å²) >= 11 is 2.00. The second-order valence-electron chi connectivity index (χ2n) is 12.0. The minimum absolute atomic E-state index is 0.114. The Morgan fingerprint density at radius 1 is 0.596 bits per heavy atom. The number of hydrogen-bond acceptors (Lipinski definition) is 5. The van der Waals surface area contributed by atoms with Crippen molar-refractivity contribution in [2.75, 3.05) is 13.2 Å². The maximum atomic E-state index is 6.62. The van der Waals surface area contributed by atoms with Crippen LogP contribution in [-0.2, 0) is 35.7 Å². The Balaban J connectivity index is 1.23. The molecular formula is C42H44O4S. The minimum Gasteiger partial charge on any atom is -0.494 e. The molecule has 5 aromatic rings. The van der Waals surface area contributed by atoms with E-state index in [0.29, 0.717) is 38.3 Å². The molecular weight excluding hydrogens is 601 g/mol. The summed E-state index contributed by atoms with van der Waals surface area (Å²) in [5, 5.41) is 0.510. The van der Waals surface area contributed by atoms with Crippen LogP contribution in [0.1, 0.15) is 58.4 Å². The second kappa shape index (κ2) is 17.2. The van der Waals surface area contributed by atoms with Crippen LogP contribution in [0.25, 0.3) is 0 Å². The summed E-state index contributed by atoms with van der Waals surface area (Å²) in [6.07, 6.45) is 2.83.